The quantitative estimate of drug-likeness (QED) is 0.440. The highest BCUT2D eigenvalue weighted by atomic mass is 32.2. The molecule has 8 nitrogen and oxygen atoms in total. The van der Waals surface area contributed by atoms with Crippen LogP contribution in [0.25, 0.3) is 16.7 Å². The van der Waals surface area contributed by atoms with Crippen LogP contribution in [-0.4, -0.2) is 38.1 Å². The number of hydrogen-bond acceptors (Lipinski definition) is 6. The third-order valence-corrected chi connectivity index (χ3v) is 6.58. The summed E-state index contributed by atoms with van der Waals surface area (Å²) in [7, 11) is 1.60. The molecule has 33 heavy (non-hydrogen) atoms. The van der Waals surface area contributed by atoms with Gasteiger partial charge in [-0.05, 0) is 42.0 Å². The summed E-state index contributed by atoms with van der Waals surface area (Å²) < 4.78 is 21.6. The van der Waals surface area contributed by atoms with Gasteiger partial charge in [-0.15, -0.1) is 0 Å². The average molecular weight is 466 g/mol. The fourth-order valence-electron chi connectivity index (χ4n) is 3.82. The maximum Gasteiger partial charge on any atom is 0.265 e. The van der Waals surface area contributed by atoms with Gasteiger partial charge in [-0.1, -0.05) is 23.9 Å². The van der Waals surface area contributed by atoms with Crippen LogP contribution >= 0.6 is 11.8 Å². The number of benzene rings is 2. The lowest BCUT2D eigenvalue weighted by Crippen LogP contribution is -2.30. The van der Waals surface area contributed by atoms with Gasteiger partial charge in [-0.2, -0.15) is 5.10 Å². The summed E-state index contributed by atoms with van der Waals surface area (Å²) in [6.07, 6.45) is 1.63. The topological polar surface area (TPSA) is 91.0 Å². The zero-order valence-corrected chi connectivity index (χ0v) is 18.5. The van der Waals surface area contributed by atoms with Crippen molar-refractivity contribution in [3.63, 3.8) is 0 Å². The van der Waals surface area contributed by atoms with Crippen molar-refractivity contribution in [2.24, 2.45) is 0 Å². The second-order valence-corrected chi connectivity index (χ2v) is 8.62. The number of amides is 1. The molecule has 0 saturated carbocycles. The monoisotopic (exact) mass is 465 g/mol. The molecule has 1 atom stereocenters. The first-order chi connectivity index (χ1) is 16.0. The molecule has 168 valence electrons. The molecule has 0 saturated heterocycles. The Balaban J connectivity index is 1.36. The minimum absolute atomic E-state index is 0.148. The van der Waals surface area contributed by atoms with Gasteiger partial charge in [0.25, 0.3) is 5.56 Å². The van der Waals surface area contributed by atoms with Crippen molar-refractivity contribution in [2.45, 2.75) is 24.2 Å². The second kappa shape index (κ2) is 8.70. The molecule has 3 heterocycles. The van der Waals surface area contributed by atoms with Crippen LogP contribution in [0.2, 0.25) is 0 Å². The Bertz CT molecular complexity index is 1400. The number of methoxy groups -OCH3 is 1. The highest BCUT2D eigenvalue weighted by Gasteiger charge is 2.29. The van der Waals surface area contributed by atoms with Gasteiger partial charge >= 0.3 is 0 Å². The standard InChI is InChI=1S/C23H20FN5O3S/c1-32-18-4-2-3-14(9-18)11-25-20(30)10-17-13-33-23-27-21-19(22(31)28(17)23)12-26-29(21)16-7-5-15(24)6-8-16/h2-9,12,17H,10-11,13H2,1H3,(H,25,30). The molecule has 4 aromatic rings. The summed E-state index contributed by atoms with van der Waals surface area (Å²) in [5, 5.41) is 8.09. The average Bonchev–Trinajstić information content (AvgIpc) is 3.43. The predicted octanol–water partition coefficient (Wildman–Crippen LogP) is 3.08. The zero-order valence-electron chi connectivity index (χ0n) is 17.7. The van der Waals surface area contributed by atoms with Crippen molar-refractivity contribution in [1.29, 1.82) is 0 Å². The molecule has 0 fully saturated rings. The first-order valence-electron chi connectivity index (χ1n) is 10.3. The summed E-state index contributed by atoms with van der Waals surface area (Å²) >= 11 is 1.43. The van der Waals surface area contributed by atoms with Gasteiger partial charge in [0.1, 0.15) is 17.0 Å². The van der Waals surface area contributed by atoms with Crippen molar-refractivity contribution in [2.75, 3.05) is 12.9 Å². The Morgan fingerprint density at radius 2 is 2.09 bits per heavy atom. The highest BCUT2D eigenvalue weighted by Crippen LogP contribution is 2.33. The summed E-state index contributed by atoms with van der Waals surface area (Å²) in [5.41, 5.74) is 1.71. The maximum atomic E-state index is 13.3. The molecule has 5 rings (SSSR count). The van der Waals surface area contributed by atoms with Crippen molar-refractivity contribution in [1.82, 2.24) is 24.6 Å². The molecular weight excluding hydrogens is 445 g/mol. The zero-order chi connectivity index (χ0) is 22.9. The van der Waals surface area contributed by atoms with Gasteiger partial charge in [0.2, 0.25) is 5.91 Å². The summed E-state index contributed by atoms with van der Waals surface area (Å²) in [4.78, 5) is 30.4. The van der Waals surface area contributed by atoms with Crippen molar-refractivity contribution in [3.05, 3.63) is 76.5 Å². The van der Waals surface area contributed by atoms with E-state index in [4.69, 9.17) is 4.74 Å². The lowest BCUT2D eigenvalue weighted by Gasteiger charge is -2.14. The van der Waals surface area contributed by atoms with Crippen LogP contribution in [0.4, 0.5) is 4.39 Å². The fourth-order valence-corrected chi connectivity index (χ4v) is 4.95. The predicted molar refractivity (Wildman–Crippen MR) is 122 cm³/mol. The number of fused-ring (bicyclic) bond motifs is 2. The maximum absolute atomic E-state index is 13.3. The van der Waals surface area contributed by atoms with Gasteiger partial charge in [-0.25, -0.2) is 14.1 Å². The van der Waals surface area contributed by atoms with Crippen molar-refractivity contribution in [3.8, 4) is 11.4 Å². The number of nitrogens with one attached hydrogen (secondary N) is 1. The number of thioether (sulfide) groups is 1. The van der Waals surface area contributed by atoms with Crippen LogP contribution in [0, 0.1) is 5.82 Å². The number of ether oxygens (including phenoxy) is 1. The molecule has 1 N–H and O–H groups in total. The van der Waals surface area contributed by atoms with Crippen LogP contribution in [-0.2, 0) is 11.3 Å². The molecule has 1 unspecified atom stereocenters. The molecule has 1 aliphatic rings. The molecule has 0 bridgehead atoms. The molecule has 1 aliphatic heterocycles. The van der Waals surface area contributed by atoms with Crippen LogP contribution in [0.1, 0.15) is 18.0 Å². The van der Waals surface area contributed by atoms with E-state index in [0.717, 1.165) is 11.3 Å². The Kier molecular flexibility index (Phi) is 5.59. The minimum atomic E-state index is -0.354. The third-order valence-electron chi connectivity index (χ3n) is 5.49. The molecule has 10 heteroatoms. The molecule has 0 spiro atoms. The number of rotatable bonds is 6. The van der Waals surface area contributed by atoms with Gasteiger partial charge < -0.3 is 10.1 Å². The van der Waals surface area contributed by atoms with E-state index < -0.39 is 0 Å². The molecular formula is C23H20FN5O3S. The smallest absolute Gasteiger partial charge is 0.265 e. The molecule has 1 amide bonds. The van der Waals surface area contributed by atoms with E-state index >= 15 is 0 Å². The summed E-state index contributed by atoms with van der Waals surface area (Å²) in [6.45, 7) is 0.374. The highest BCUT2D eigenvalue weighted by molar-refractivity contribution is 7.99. The number of carbonyl (C=O) groups excluding carboxylic acids is 1. The number of hydrogen-bond donors (Lipinski definition) is 1. The second-order valence-electron chi connectivity index (χ2n) is 7.64. The van der Waals surface area contributed by atoms with E-state index in [0.29, 0.717) is 34.2 Å². The van der Waals surface area contributed by atoms with E-state index in [1.165, 1.54) is 34.8 Å². The number of halogens is 1. The first-order valence-corrected chi connectivity index (χ1v) is 11.3. The first kappa shape index (κ1) is 21.2. The normalized spacial score (nSPS) is 14.9. The van der Waals surface area contributed by atoms with Crippen LogP contribution < -0.4 is 15.6 Å². The Labute approximate surface area is 192 Å². The Hall–Kier alpha value is -3.66. The van der Waals surface area contributed by atoms with Gasteiger partial charge in [0.15, 0.2) is 10.8 Å². The summed E-state index contributed by atoms with van der Waals surface area (Å²) in [6, 6.07) is 13.0. The van der Waals surface area contributed by atoms with Gasteiger partial charge in [-0.3, -0.25) is 14.2 Å². The largest absolute Gasteiger partial charge is 0.497 e. The third kappa shape index (κ3) is 4.09. The summed E-state index contributed by atoms with van der Waals surface area (Å²) in [5.74, 6) is 0.800. The number of nitrogens with zero attached hydrogens (tertiary/aromatic N) is 4. The number of aromatic nitrogens is 4. The van der Waals surface area contributed by atoms with Gasteiger partial charge in [0.05, 0.1) is 25.0 Å². The van der Waals surface area contributed by atoms with Crippen LogP contribution in [0.3, 0.4) is 0 Å². The van der Waals surface area contributed by atoms with E-state index in [1.807, 2.05) is 24.3 Å². The van der Waals surface area contributed by atoms with E-state index in [2.05, 4.69) is 15.4 Å². The van der Waals surface area contributed by atoms with Crippen molar-refractivity contribution >= 4 is 28.7 Å². The van der Waals surface area contributed by atoms with E-state index in [9.17, 15) is 14.0 Å². The minimum Gasteiger partial charge on any atom is -0.497 e. The Morgan fingerprint density at radius 3 is 2.88 bits per heavy atom. The fraction of sp³-hybridized carbons (Fsp3) is 0.217. The molecule has 0 radical (unpaired) electrons. The Morgan fingerprint density at radius 1 is 1.27 bits per heavy atom. The lowest BCUT2D eigenvalue weighted by atomic mass is 10.2. The van der Waals surface area contributed by atoms with E-state index in [1.54, 1.807) is 23.8 Å². The lowest BCUT2D eigenvalue weighted by molar-refractivity contribution is -0.121. The number of carbonyl (C=O) groups is 1. The van der Waals surface area contributed by atoms with Crippen LogP contribution in [0.5, 0.6) is 5.75 Å². The SMILES string of the molecule is COc1cccc(CNC(=O)CC2CSc3nc4c(cnn4-c4ccc(F)cc4)c(=O)n32)c1. The van der Waals surface area contributed by atoms with Crippen molar-refractivity contribution < 1.29 is 13.9 Å². The molecule has 2 aromatic carbocycles. The van der Waals surface area contributed by atoms with E-state index in [-0.39, 0.29) is 29.7 Å². The van der Waals surface area contributed by atoms with Crippen LogP contribution in [0.15, 0.2) is 64.7 Å². The molecule has 2 aromatic heterocycles. The molecule has 0 aliphatic carbocycles. The van der Waals surface area contributed by atoms with Gasteiger partial charge in [0, 0.05) is 18.7 Å².